The van der Waals surface area contributed by atoms with E-state index in [1.54, 1.807) is 0 Å². The molecule has 0 saturated heterocycles. The largest absolute Gasteiger partial charge is 0.339 e. The van der Waals surface area contributed by atoms with Gasteiger partial charge in [0.25, 0.3) is 0 Å². The predicted molar refractivity (Wildman–Crippen MR) is 103 cm³/mol. The maximum Gasteiger partial charge on any atom is 0.0491 e. The molecular weight excluding hydrogens is 280 g/mol. The molecule has 0 atom stereocenters. The van der Waals surface area contributed by atoms with E-state index in [1.807, 2.05) is 6.08 Å². The number of hydrogen-bond donors (Lipinski definition) is 0. The van der Waals surface area contributed by atoms with Gasteiger partial charge in [0.05, 0.1) is 0 Å². The highest BCUT2D eigenvalue weighted by molar-refractivity contribution is 5.81. The Bertz CT molecular complexity index is 776. The Hall–Kier alpha value is -2.06. The van der Waals surface area contributed by atoms with Gasteiger partial charge in [-0.3, -0.25) is 0 Å². The van der Waals surface area contributed by atoms with Gasteiger partial charge >= 0.3 is 0 Å². The van der Waals surface area contributed by atoms with E-state index in [-0.39, 0.29) is 0 Å². The molecule has 0 fully saturated rings. The van der Waals surface area contributed by atoms with Crippen molar-refractivity contribution < 1.29 is 0 Å². The Morgan fingerprint density at radius 2 is 1.91 bits per heavy atom. The van der Waals surface area contributed by atoms with Crippen molar-refractivity contribution in [3.63, 3.8) is 0 Å². The third-order valence-corrected chi connectivity index (χ3v) is 4.35. The fourth-order valence-corrected chi connectivity index (χ4v) is 2.94. The van der Waals surface area contributed by atoms with Crippen LogP contribution < -0.4 is 10.6 Å². The SMILES string of the molecule is C=CC/C=C\C=c1/c(=C)c2ccccc2n1CCN(CC)CC. The number of benzene rings is 1. The van der Waals surface area contributed by atoms with Crippen molar-refractivity contribution in [3.8, 4) is 0 Å². The zero-order chi connectivity index (χ0) is 16.7. The first-order chi connectivity index (χ1) is 11.2. The summed E-state index contributed by atoms with van der Waals surface area (Å²) >= 11 is 0. The molecule has 2 rings (SSSR count). The molecule has 1 aromatic heterocycles. The Morgan fingerprint density at radius 3 is 2.61 bits per heavy atom. The highest BCUT2D eigenvalue weighted by Crippen LogP contribution is 2.08. The first-order valence-electron chi connectivity index (χ1n) is 8.49. The van der Waals surface area contributed by atoms with Crippen LogP contribution in [0.4, 0.5) is 0 Å². The van der Waals surface area contributed by atoms with Crippen LogP contribution in [0.2, 0.25) is 0 Å². The van der Waals surface area contributed by atoms with E-state index < -0.39 is 0 Å². The molecule has 0 aliphatic heterocycles. The number of allylic oxidation sites excluding steroid dienone is 3. The summed E-state index contributed by atoms with van der Waals surface area (Å²) in [6, 6.07) is 8.55. The molecule has 1 heterocycles. The number of aromatic nitrogens is 1. The van der Waals surface area contributed by atoms with Gasteiger partial charge in [0, 0.05) is 34.6 Å². The van der Waals surface area contributed by atoms with E-state index in [2.05, 4.69) is 79.0 Å². The highest BCUT2D eigenvalue weighted by Gasteiger charge is 2.07. The van der Waals surface area contributed by atoms with Crippen LogP contribution in [0.5, 0.6) is 0 Å². The zero-order valence-electron chi connectivity index (χ0n) is 14.5. The van der Waals surface area contributed by atoms with Crippen LogP contribution in [-0.2, 0) is 6.54 Å². The summed E-state index contributed by atoms with van der Waals surface area (Å²) in [5.74, 6) is 0. The molecule has 0 N–H and O–H groups in total. The Morgan fingerprint density at radius 1 is 1.17 bits per heavy atom. The molecule has 122 valence electrons. The molecule has 0 bridgehead atoms. The summed E-state index contributed by atoms with van der Waals surface area (Å²) in [5, 5.41) is 3.57. The number of fused-ring (bicyclic) bond motifs is 1. The quantitative estimate of drug-likeness (QED) is 0.679. The van der Waals surface area contributed by atoms with Crippen molar-refractivity contribution in [2.75, 3.05) is 19.6 Å². The zero-order valence-corrected chi connectivity index (χ0v) is 14.5. The smallest absolute Gasteiger partial charge is 0.0491 e. The molecule has 0 amide bonds. The van der Waals surface area contributed by atoms with Gasteiger partial charge in [0.2, 0.25) is 0 Å². The fraction of sp³-hybridized carbons (Fsp3) is 0.333. The average molecular weight is 308 g/mol. The number of likely N-dealkylation sites (N-methyl/N-ethyl adjacent to an activating group) is 1. The van der Waals surface area contributed by atoms with Gasteiger partial charge in [-0.15, -0.1) is 6.58 Å². The van der Waals surface area contributed by atoms with Crippen LogP contribution in [0.1, 0.15) is 20.3 Å². The fourth-order valence-electron chi connectivity index (χ4n) is 2.94. The van der Waals surface area contributed by atoms with Gasteiger partial charge < -0.3 is 9.47 Å². The molecule has 0 radical (unpaired) electrons. The first kappa shape index (κ1) is 17.3. The number of hydrogen-bond acceptors (Lipinski definition) is 1. The lowest BCUT2D eigenvalue weighted by atomic mass is 10.2. The van der Waals surface area contributed by atoms with Gasteiger partial charge in [0.15, 0.2) is 0 Å². The minimum atomic E-state index is 0.892. The molecule has 23 heavy (non-hydrogen) atoms. The standard InChI is InChI=1S/C21H28N2/c1-5-8-9-10-14-20-18(4)19-13-11-12-15-21(19)23(20)17-16-22(6-2)7-3/h5,9-15H,1,4,6-8,16-17H2,2-3H3/b10-9-,20-14+. The van der Waals surface area contributed by atoms with E-state index in [9.17, 15) is 0 Å². The summed E-state index contributed by atoms with van der Waals surface area (Å²) in [6.45, 7) is 16.7. The first-order valence-corrected chi connectivity index (χ1v) is 8.49. The molecule has 2 heteroatoms. The summed E-state index contributed by atoms with van der Waals surface area (Å²) in [7, 11) is 0. The molecular formula is C21H28N2. The Kier molecular flexibility index (Phi) is 6.42. The van der Waals surface area contributed by atoms with Gasteiger partial charge in [-0.05, 0) is 31.7 Å². The van der Waals surface area contributed by atoms with Crippen molar-refractivity contribution in [3.05, 3.63) is 59.6 Å². The average Bonchev–Trinajstić information content (AvgIpc) is 2.85. The predicted octanol–water partition coefficient (Wildman–Crippen LogP) is 3.31. The van der Waals surface area contributed by atoms with Gasteiger partial charge in [0.1, 0.15) is 0 Å². The molecule has 1 aromatic carbocycles. The maximum absolute atomic E-state index is 4.32. The van der Waals surface area contributed by atoms with Crippen molar-refractivity contribution in [2.45, 2.75) is 26.8 Å². The van der Waals surface area contributed by atoms with Crippen LogP contribution in [0, 0.1) is 0 Å². The maximum atomic E-state index is 4.32. The Labute approximate surface area is 139 Å². The molecule has 0 aliphatic rings. The molecule has 2 nitrogen and oxygen atoms in total. The lowest BCUT2D eigenvalue weighted by molar-refractivity contribution is 0.291. The third-order valence-electron chi connectivity index (χ3n) is 4.35. The van der Waals surface area contributed by atoms with Crippen molar-refractivity contribution in [1.82, 2.24) is 9.47 Å². The summed E-state index contributed by atoms with van der Waals surface area (Å²) < 4.78 is 2.40. The van der Waals surface area contributed by atoms with E-state index in [4.69, 9.17) is 0 Å². The topological polar surface area (TPSA) is 8.17 Å². The van der Waals surface area contributed by atoms with E-state index in [0.717, 1.165) is 37.8 Å². The summed E-state index contributed by atoms with van der Waals surface area (Å²) in [4.78, 5) is 2.45. The van der Waals surface area contributed by atoms with Crippen LogP contribution >= 0.6 is 0 Å². The van der Waals surface area contributed by atoms with E-state index in [1.165, 1.54) is 16.3 Å². The molecule has 2 aromatic rings. The van der Waals surface area contributed by atoms with Crippen molar-refractivity contribution >= 4 is 23.6 Å². The second-order valence-electron chi connectivity index (χ2n) is 5.68. The van der Waals surface area contributed by atoms with Crippen molar-refractivity contribution in [1.29, 1.82) is 0 Å². The normalized spacial score (nSPS) is 12.7. The van der Waals surface area contributed by atoms with Gasteiger partial charge in [-0.25, -0.2) is 0 Å². The lowest BCUT2D eigenvalue weighted by Crippen LogP contribution is -2.33. The van der Waals surface area contributed by atoms with Crippen LogP contribution in [-0.4, -0.2) is 29.1 Å². The number of nitrogens with zero attached hydrogens (tertiary/aromatic N) is 2. The summed E-state index contributed by atoms with van der Waals surface area (Å²) in [6.07, 6.45) is 9.21. The Balaban J connectivity index is 2.47. The van der Waals surface area contributed by atoms with Crippen LogP contribution in [0.15, 0.2) is 49.1 Å². The minimum absolute atomic E-state index is 0.892. The summed E-state index contributed by atoms with van der Waals surface area (Å²) in [5.41, 5.74) is 1.27. The van der Waals surface area contributed by atoms with E-state index in [0.29, 0.717) is 0 Å². The van der Waals surface area contributed by atoms with Gasteiger partial charge in [-0.2, -0.15) is 0 Å². The molecule has 0 unspecified atom stereocenters. The van der Waals surface area contributed by atoms with Crippen molar-refractivity contribution in [2.24, 2.45) is 0 Å². The molecule has 0 aliphatic carbocycles. The highest BCUT2D eigenvalue weighted by atomic mass is 15.1. The second-order valence-corrected chi connectivity index (χ2v) is 5.68. The number of rotatable bonds is 8. The van der Waals surface area contributed by atoms with E-state index >= 15 is 0 Å². The monoisotopic (exact) mass is 308 g/mol. The third kappa shape index (κ3) is 4.02. The molecule has 0 spiro atoms. The second kappa shape index (κ2) is 8.54. The van der Waals surface area contributed by atoms with Crippen LogP contribution in [0.3, 0.4) is 0 Å². The minimum Gasteiger partial charge on any atom is -0.339 e. The molecule has 0 saturated carbocycles. The van der Waals surface area contributed by atoms with Gasteiger partial charge in [-0.1, -0.05) is 56.9 Å². The lowest BCUT2D eigenvalue weighted by Gasteiger charge is -2.18. The van der Waals surface area contributed by atoms with Crippen LogP contribution in [0.25, 0.3) is 23.6 Å². The number of para-hydroxylation sites is 1.